The number of rotatable bonds is 8. The van der Waals surface area contributed by atoms with Crippen molar-refractivity contribution in [3.8, 4) is 0 Å². The Kier molecular flexibility index (Phi) is 6.97. The average molecular weight is 434 g/mol. The standard InChI is InChI=1S/C24H18O8/c25-21(26)17-5-1-15(2-6-17)13-31-23(29)19-9-11-20(12-10-19)24(30)32-14-16-3-7-18(8-4-16)22(27)28/h1-12H,13-14H2,(H,25,26)(H,27,28). The van der Waals surface area contributed by atoms with Crippen LogP contribution in [0.15, 0.2) is 72.8 Å². The Hall–Kier alpha value is -4.46. The number of esters is 2. The zero-order valence-corrected chi connectivity index (χ0v) is 16.7. The van der Waals surface area contributed by atoms with Gasteiger partial charge < -0.3 is 19.7 Å². The number of hydrogen-bond donors (Lipinski definition) is 2. The van der Waals surface area contributed by atoms with Gasteiger partial charge in [-0.1, -0.05) is 24.3 Å². The van der Waals surface area contributed by atoms with Crippen LogP contribution in [0.25, 0.3) is 0 Å². The summed E-state index contributed by atoms with van der Waals surface area (Å²) in [6.45, 7) is -0.0492. The van der Waals surface area contributed by atoms with Gasteiger partial charge in [-0.3, -0.25) is 0 Å². The van der Waals surface area contributed by atoms with Gasteiger partial charge >= 0.3 is 23.9 Å². The summed E-state index contributed by atoms with van der Waals surface area (Å²) in [5.41, 5.74) is 2.04. The third-order valence-corrected chi connectivity index (χ3v) is 4.50. The van der Waals surface area contributed by atoms with Crippen LogP contribution in [0.4, 0.5) is 0 Å². The van der Waals surface area contributed by atoms with Gasteiger partial charge in [0.2, 0.25) is 0 Å². The molecule has 0 saturated carbocycles. The molecule has 8 nitrogen and oxygen atoms in total. The molecule has 0 spiro atoms. The van der Waals surface area contributed by atoms with E-state index in [1.807, 2.05) is 0 Å². The van der Waals surface area contributed by atoms with Crippen molar-refractivity contribution in [2.45, 2.75) is 13.2 Å². The van der Waals surface area contributed by atoms with Crippen molar-refractivity contribution >= 4 is 23.9 Å². The monoisotopic (exact) mass is 434 g/mol. The van der Waals surface area contributed by atoms with Crippen LogP contribution >= 0.6 is 0 Å². The fourth-order valence-electron chi connectivity index (χ4n) is 2.69. The molecule has 0 atom stereocenters. The minimum absolute atomic E-state index is 0.0246. The van der Waals surface area contributed by atoms with Gasteiger partial charge in [0, 0.05) is 0 Å². The van der Waals surface area contributed by atoms with E-state index in [0.717, 1.165) is 0 Å². The molecule has 0 aliphatic carbocycles. The number of carbonyl (C=O) groups is 4. The summed E-state index contributed by atoms with van der Waals surface area (Å²) in [4.78, 5) is 46.1. The van der Waals surface area contributed by atoms with Crippen LogP contribution in [0.5, 0.6) is 0 Å². The van der Waals surface area contributed by atoms with Crippen LogP contribution in [0.1, 0.15) is 52.6 Å². The summed E-state index contributed by atoms with van der Waals surface area (Å²) in [6.07, 6.45) is 0. The SMILES string of the molecule is O=C(O)c1ccc(COC(=O)c2ccc(C(=O)OCc3ccc(C(=O)O)cc3)cc2)cc1. The molecular weight excluding hydrogens is 416 g/mol. The van der Waals surface area contributed by atoms with Crippen LogP contribution in [0, 0.1) is 0 Å². The highest BCUT2D eigenvalue weighted by Gasteiger charge is 2.12. The van der Waals surface area contributed by atoms with Gasteiger partial charge in [0.05, 0.1) is 22.3 Å². The first kappa shape index (κ1) is 22.2. The summed E-state index contributed by atoms with van der Waals surface area (Å²) >= 11 is 0. The number of carbonyl (C=O) groups excluding carboxylic acids is 2. The lowest BCUT2D eigenvalue weighted by molar-refractivity contribution is 0.0458. The largest absolute Gasteiger partial charge is 0.478 e. The molecule has 0 amide bonds. The fourth-order valence-corrected chi connectivity index (χ4v) is 2.69. The molecule has 3 aromatic rings. The second-order valence-corrected chi connectivity index (χ2v) is 6.73. The first-order chi connectivity index (χ1) is 15.3. The predicted octanol–water partition coefficient (Wildman–Crippen LogP) is 3.80. The molecule has 3 aromatic carbocycles. The molecular formula is C24H18O8. The van der Waals surface area contributed by atoms with Crippen LogP contribution in [-0.2, 0) is 22.7 Å². The summed E-state index contributed by atoms with van der Waals surface area (Å²) in [5.74, 6) is -3.26. The molecule has 3 rings (SSSR count). The van der Waals surface area contributed by atoms with Crippen molar-refractivity contribution in [2.75, 3.05) is 0 Å². The number of carboxylic acid groups (broad SMARTS) is 2. The number of carboxylic acids is 2. The van der Waals surface area contributed by atoms with E-state index in [2.05, 4.69) is 0 Å². The van der Waals surface area contributed by atoms with Crippen molar-refractivity contribution in [3.63, 3.8) is 0 Å². The summed E-state index contributed by atoms with van der Waals surface area (Å²) < 4.78 is 10.4. The predicted molar refractivity (Wildman–Crippen MR) is 111 cm³/mol. The normalized spacial score (nSPS) is 10.2. The lowest BCUT2D eigenvalue weighted by Gasteiger charge is -2.07. The van der Waals surface area contributed by atoms with Gasteiger partial charge in [-0.2, -0.15) is 0 Å². The first-order valence-electron chi connectivity index (χ1n) is 9.42. The van der Waals surface area contributed by atoms with Crippen molar-refractivity contribution in [3.05, 3.63) is 106 Å². The molecule has 8 heteroatoms. The zero-order chi connectivity index (χ0) is 23.1. The maximum atomic E-state index is 12.2. The van der Waals surface area contributed by atoms with Gasteiger partial charge in [-0.25, -0.2) is 19.2 Å². The van der Waals surface area contributed by atoms with Gasteiger partial charge in [0.15, 0.2) is 0 Å². The average Bonchev–Trinajstić information content (AvgIpc) is 2.81. The zero-order valence-electron chi connectivity index (χ0n) is 16.7. The van der Waals surface area contributed by atoms with E-state index in [1.54, 1.807) is 24.3 Å². The first-order valence-corrected chi connectivity index (χ1v) is 9.42. The maximum absolute atomic E-state index is 12.2. The lowest BCUT2D eigenvalue weighted by Crippen LogP contribution is -2.08. The maximum Gasteiger partial charge on any atom is 0.338 e. The Bertz CT molecular complexity index is 1040. The summed E-state index contributed by atoms with van der Waals surface area (Å²) in [6, 6.07) is 17.7. The molecule has 0 radical (unpaired) electrons. The topological polar surface area (TPSA) is 127 Å². The van der Waals surface area contributed by atoms with E-state index in [4.69, 9.17) is 19.7 Å². The van der Waals surface area contributed by atoms with Crippen LogP contribution in [0.3, 0.4) is 0 Å². The lowest BCUT2D eigenvalue weighted by atomic mass is 10.1. The van der Waals surface area contributed by atoms with Crippen molar-refractivity contribution in [1.82, 2.24) is 0 Å². The van der Waals surface area contributed by atoms with E-state index in [0.29, 0.717) is 11.1 Å². The minimum atomic E-state index is -1.04. The van der Waals surface area contributed by atoms with Gasteiger partial charge in [-0.15, -0.1) is 0 Å². The molecule has 0 heterocycles. The second kappa shape index (κ2) is 10.0. The number of benzene rings is 3. The molecule has 2 N–H and O–H groups in total. The molecule has 32 heavy (non-hydrogen) atoms. The molecule has 0 bridgehead atoms. The Labute approximate surface area is 182 Å². The molecule has 0 aliphatic rings. The Morgan fingerprint density at radius 1 is 0.500 bits per heavy atom. The van der Waals surface area contributed by atoms with Crippen LogP contribution < -0.4 is 0 Å². The molecule has 0 aliphatic heterocycles. The van der Waals surface area contributed by atoms with E-state index < -0.39 is 23.9 Å². The van der Waals surface area contributed by atoms with Crippen molar-refractivity contribution < 1.29 is 38.9 Å². The molecule has 0 fully saturated rings. The minimum Gasteiger partial charge on any atom is -0.478 e. The van der Waals surface area contributed by atoms with Crippen LogP contribution in [0.2, 0.25) is 0 Å². The Balaban J connectivity index is 1.51. The highest BCUT2D eigenvalue weighted by molar-refractivity contribution is 5.93. The number of aromatic carboxylic acids is 2. The van der Waals surface area contributed by atoms with Crippen molar-refractivity contribution in [2.24, 2.45) is 0 Å². The molecule has 0 saturated heterocycles. The third-order valence-electron chi connectivity index (χ3n) is 4.50. The number of ether oxygens (including phenoxy) is 2. The van der Waals surface area contributed by atoms with Gasteiger partial charge in [-0.05, 0) is 59.7 Å². The fraction of sp³-hybridized carbons (Fsp3) is 0.0833. The summed E-state index contributed by atoms with van der Waals surface area (Å²) in [7, 11) is 0. The molecule has 0 unspecified atom stereocenters. The molecule has 162 valence electrons. The van der Waals surface area contributed by atoms with E-state index in [-0.39, 0.29) is 35.5 Å². The van der Waals surface area contributed by atoms with E-state index in [1.165, 1.54) is 48.5 Å². The molecule has 0 aromatic heterocycles. The van der Waals surface area contributed by atoms with E-state index in [9.17, 15) is 19.2 Å². The summed E-state index contributed by atoms with van der Waals surface area (Å²) in [5, 5.41) is 17.8. The quantitative estimate of drug-likeness (QED) is 0.513. The van der Waals surface area contributed by atoms with Gasteiger partial charge in [0.1, 0.15) is 13.2 Å². The smallest absolute Gasteiger partial charge is 0.338 e. The third kappa shape index (κ3) is 5.79. The van der Waals surface area contributed by atoms with E-state index >= 15 is 0 Å². The van der Waals surface area contributed by atoms with Crippen molar-refractivity contribution in [1.29, 1.82) is 0 Å². The van der Waals surface area contributed by atoms with Crippen LogP contribution in [-0.4, -0.2) is 34.1 Å². The van der Waals surface area contributed by atoms with Gasteiger partial charge in [0.25, 0.3) is 0 Å². The highest BCUT2D eigenvalue weighted by atomic mass is 16.5. The highest BCUT2D eigenvalue weighted by Crippen LogP contribution is 2.12. The Morgan fingerprint density at radius 2 is 0.781 bits per heavy atom. The number of hydrogen-bond acceptors (Lipinski definition) is 6. The Morgan fingerprint density at radius 3 is 1.06 bits per heavy atom. The second-order valence-electron chi connectivity index (χ2n) is 6.73.